The highest BCUT2D eigenvalue weighted by atomic mass is 16.5. The minimum absolute atomic E-state index is 0.875. The fourth-order valence-corrected chi connectivity index (χ4v) is 2.50. The Bertz CT molecular complexity index is 569. The number of hydrogen-bond donors (Lipinski definition) is 1. The summed E-state index contributed by atoms with van der Waals surface area (Å²) in [5.74, 6) is 0.910. The van der Waals surface area contributed by atoms with E-state index < -0.39 is 0 Å². The van der Waals surface area contributed by atoms with Crippen molar-refractivity contribution in [3.63, 3.8) is 0 Å². The van der Waals surface area contributed by atoms with Gasteiger partial charge in [-0.05, 0) is 43.3 Å². The molecule has 21 heavy (non-hydrogen) atoms. The summed E-state index contributed by atoms with van der Waals surface area (Å²) in [6, 6.07) is 16.8. The van der Waals surface area contributed by atoms with Crippen LogP contribution < -0.4 is 15.0 Å². The molecule has 0 bridgehead atoms. The van der Waals surface area contributed by atoms with Crippen LogP contribution in [0.1, 0.15) is 11.1 Å². The van der Waals surface area contributed by atoms with Crippen LogP contribution in [0.15, 0.2) is 48.5 Å². The quantitative estimate of drug-likeness (QED) is 0.845. The minimum atomic E-state index is 0.875. The molecule has 0 fully saturated rings. The molecule has 0 aliphatic heterocycles. The summed E-state index contributed by atoms with van der Waals surface area (Å²) in [5, 5.41) is 3.21. The highest BCUT2D eigenvalue weighted by Crippen LogP contribution is 2.28. The summed E-state index contributed by atoms with van der Waals surface area (Å²) >= 11 is 0. The van der Waals surface area contributed by atoms with E-state index in [0.29, 0.717) is 0 Å². The summed E-state index contributed by atoms with van der Waals surface area (Å²) in [5.41, 5.74) is 3.87. The van der Waals surface area contributed by atoms with E-state index >= 15 is 0 Å². The predicted molar refractivity (Wildman–Crippen MR) is 89.2 cm³/mol. The van der Waals surface area contributed by atoms with Gasteiger partial charge < -0.3 is 15.0 Å². The molecule has 0 atom stereocenters. The van der Waals surface area contributed by atoms with Crippen molar-refractivity contribution in [2.75, 3.05) is 32.6 Å². The third-order valence-corrected chi connectivity index (χ3v) is 3.67. The average molecular weight is 284 g/mol. The van der Waals surface area contributed by atoms with Crippen LogP contribution in [0.5, 0.6) is 5.75 Å². The Hall–Kier alpha value is -2.00. The molecule has 3 heteroatoms. The molecular formula is C18H24N2O. The molecule has 112 valence electrons. The molecule has 2 aromatic carbocycles. The van der Waals surface area contributed by atoms with Gasteiger partial charge in [0.2, 0.25) is 0 Å². The molecule has 0 saturated heterocycles. The van der Waals surface area contributed by atoms with Crippen LogP contribution in [0.4, 0.5) is 5.69 Å². The van der Waals surface area contributed by atoms with Gasteiger partial charge >= 0.3 is 0 Å². The van der Waals surface area contributed by atoms with Crippen LogP contribution in [0.3, 0.4) is 0 Å². The highest BCUT2D eigenvalue weighted by molar-refractivity contribution is 5.58. The Kier molecular flexibility index (Phi) is 5.64. The first kappa shape index (κ1) is 15.4. The van der Waals surface area contributed by atoms with Crippen molar-refractivity contribution in [2.24, 2.45) is 0 Å². The molecule has 0 aromatic heterocycles. The standard InChI is InChI=1S/C18H24N2O/c1-19-13-12-15-8-4-5-9-16(15)14-20(2)17-10-6-7-11-18(17)21-3/h4-11,19H,12-14H2,1-3H3. The van der Waals surface area contributed by atoms with Crippen molar-refractivity contribution >= 4 is 5.69 Å². The second-order valence-electron chi connectivity index (χ2n) is 5.15. The lowest BCUT2D eigenvalue weighted by Crippen LogP contribution is -2.19. The van der Waals surface area contributed by atoms with Gasteiger partial charge in [0.1, 0.15) is 5.75 Å². The number of rotatable bonds is 7. The van der Waals surface area contributed by atoms with Crippen LogP contribution in [-0.4, -0.2) is 27.7 Å². The Labute approximate surface area is 127 Å². The lowest BCUT2D eigenvalue weighted by Gasteiger charge is -2.23. The Balaban J connectivity index is 2.17. The number of methoxy groups -OCH3 is 1. The number of likely N-dealkylation sites (N-methyl/N-ethyl adjacent to an activating group) is 1. The maximum absolute atomic E-state index is 5.45. The third-order valence-electron chi connectivity index (χ3n) is 3.67. The van der Waals surface area contributed by atoms with Gasteiger partial charge in [-0.3, -0.25) is 0 Å². The summed E-state index contributed by atoms with van der Waals surface area (Å²) in [7, 11) is 5.81. The highest BCUT2D eigenvalue weighted by Gasteiger charge is 2.09. The van der Waals surface area contributed by atoms with Crippen LogP contribution in [-0.2, 0) is 13.0 Å². The van der Waals surface area contributed by atoms with Gasteiger partial charge in [-0.1, -0.05) is 36.4 Å². The van der Waals surface area contributed by atoms with E-state index in [1.54, 1.807) is 7.11 Å². The van der Waals surface area contributed by atoms with Crippen molar-refractivity contribution in [2.45, 2.75) is 13.0 Å². The summed E-state index contributed by atoms with van der Waals surface area (Å²) in [6.45, 7) is 1.87. The van der Waals surface area contributed by atoms with Gasteiger partial charge in [0.15, 0.2) is 0 Å². The van der Waals surface area contributed by atoms with E-state index in [0.717, 1.165) is 30.9 Å². The maximum atomic E-state index is 5.45. The van der Waals surface area contributed by atoms with Gasteiger partial charge in [0.25, 0.3) is 0 Å². The normalized spacial score (nSPS) is 10.4. The van der Waals surface area contributed by atoms with Gasteiger partial charge in [-0.2, -0.15) is 0 Å². The lowest BCUT2D eigenvalue weighted by molar-refractivity contribution is 0.415. The molecular weight excluding hydrogens is 260 g/mol. The fourth-order valence-electron chi connectivity index (χ4n) is 2.50. The topological polar surface area (TPSA) is 24.5 Å². The molecule has 3 nitrogen and oxygen atoms in total. The molecule has 0 unspecified atom stereocenters. The van der Waals surface area contributed by atoms with E-state index in [9.17, 15) is 0 Å². The monoisotopic (exact) mass is 284 g/mol. The Morgan fingerprint density at radius 3 is 2.38 bits per heavy atom. The predicted octanol–water partition coefficient (Wildman–Crippen LogP) is 3.09. The Morgan fingerprint density at radius 1 is 1.00 bits per heavy atom. The number of ether oxygens (including phenoxy) is 1. The van der Waals surface area contributed by atoms with Gasteiger partial charge in [0.05, 0.1) is 12.8 Å². The van der Waals surface area contributed by atoms with Gasteiger partial charge in [-0.15, -0.1) is 0 Å². The Morgan fingerprint density at radius 2 is 1.67 bits per heavy atom. The molecule has 0 spiro atoms. The molecule has 0 heterocycles. The molecule has 0 aliphatic rings. The molecule has 2 aromatic rings. The van der Waals surface area contributed by atoms with Crippen LogP contribution >= 0.6 is 0 Å². The molecule has 0 saturated carbocycles. The van der Waals surface area contributed by atoms with Crippen LogP contribution in [0.2, 0.25) is 0 Å². The molecule has 0 amide bonds. The van der Waals surface area contributed by atoms with E-state index in [1.807, 2.05) is 25.2 Å². The fraction of sp³-hybridized carbons (Fsp3) is 0.333. The van der Waals surface area contributed by atoms with Crippen LogP contribution in [0.25, 0.3) is 0 Å². The number of benzene rings is 2. The second kappa shape index (κ2) is 7.70. The summed E-state index contributed by atoms with van der Waals surface area (Å²) in [6.07, 6.45) is 1.05. The molecule has 0 aliphatic carbocycles. The van der Waals surface area contributed by atoms with Gasteiger partial charge in [-0.25, -0.2) is 0 Å². The third kappa shape index (κ3) is 3.99. The lowest BCUT2D eigenvalue weighted by atomic mass is 10.0. The zero-order chi connectivity index (χ0) is 15.1. The van der Waals surface area contributed by atoms with E-state index in [-0.39, 0.29) is 0 Å². The first-order chi connectivity index (χ1) is 10.3. The molecule has 2 rings (SSSR count). The SMILES string of the molecule is CNCCc1ccccc1CN(C)c1ccccc1OC. The average Bonchev–Trinajstić information content (AvgIpc) is 2.54. The number of nitrogens with zero attached hydrogens (tertiary/aromatic N) is 1. The zero-order valence-electron chi connectivity index (χ0n) is 13.1. The summed E-state index contributed by atoms with van der Waals surface area (Å²) < 4.78 is 5.45. The van der Waals surface area contributed by atoms with E-state index in [4.69, 9.17) is 4.74 Å². The molecule has 1 N–H and O–H groups in total. The first-order valence-electron chi connectivity index (χ1n) is 7.31. The smallest absolute Gasteiger partial charge is 0.142 e. The molecule has 0 radical (unpaired) electrons. The number of para-hydroxylation sites is 2. The first-order valence-corrected chi connectivity index (χ1v) is 7.31. The second-order valence-corrected chi connectivity index (χ2v) is 5.15. The minimum Gasteiger partial charge on any atom is -0.495 e. The number of hydrogen-bond acceptors (Lipinski definition) is 3. The van der Waals surface area contributed by atoms with E-state index in [2.05, 4.69) is 47.6 Å². The number of nitrogens with one attached hydrogen (secondary N) is 1. The van der Waals surface area contributed by atoms with Gasteiger partial charge in [0, 0.05) is 13.6 Å². The zero-order valence-corrected chi connectivity index (χ0v) is 13.1. The maximum Gasteiger partial charge on any atom is 0.142 e. The van der Waals surface area contributed by atoms with Crippen molar-refractivity contribution in [3.05, 3.63) is 59.7 Å². The van der Waals surface area contributed by atoms with Crippen molar-refractivity contribution in [1.82, 2.24) is 5.32 Å². The largest absolute Gasteiger partial charge is 0.495 e. The van der Waals surface area contributed by atoms with Crippen molar-refractivity contribution in [3.8, 4) is 5.75 Å². The van der Waals surface area contributed by atoms with Crippen molar-refractivity contribution < 1.29 is 4.74 Å². The number of anilines is 1. The van der Waals surface area contributed by atoms with Crippen LogP contribution in [0, 0.1) is 0 Å². The van der Waals surface area contributed by atoms with E-state index in [1.165, 1.54) is 11.1 Å². The summed E-state index contributed by atoms with van der Waals surface area (Å²) in [4.78, 5) is 2.23. The van der Waals surface area contributed by atoms with Crippen molar-refractivity contribution in [1.29, 1.82) is 0 Å².